The molecule has 24 heavy (non-hydrogen) atoms. The second kappa shape index (κ2) is 6.18. The lowest BCUT2D eigenvalue weighted by Gasteiger charge is -2.31. The van der Waals surface area contributed by atoms with E-state index < -0.39 is 12.4 Å². The fourth-order valence-electron chi connectivity index (χ4n) is 2.85. The smallest absolute Gasteiger partial charge is 0.406 e. The van der Waals surface area contributed by atoms with E-state index in [-0.39, 0.29) is 11.7 Å². The highest BCUT2D eigenvalue weighted by Gasteiger charge is 2.32. The Morgan fingerprint density at radius 1 is 1.38 bits per heavy atom. The summed E-state index contributed by atoms with van der Waals surface area (Å²) < 4.78 is 42.5. The maximum absolute atomic E-state index is 12.7. The van der Waals surface area contributed by atoms with Crippen LogP contribution in [-0.2, 0) is 11.2 Å². The molecule has 0 spiro atoms. The molecular formula is C16H16F3N3O2. The van der Waals surface area contributed by atoms with Gasteiger partial charge < -0.3 is 9.64 Å². The molecule has 1 atom stereocenters. The zero-order chi connectivity index (χ0) is 17.3. The van der Waals surface area contributed by atoms with Crippen molar-refractivity contribution < 1.29 is 22.7 Å². The van der Waals surface area contributed by atoms with Crippen molar-refractivity contribution in [2.45, 2.75) is 32.2 Å². The molecule has 0 bridgehead atoms. The van der Waals surface area contributed by atoms with E-state index in [1.165, 1.54) is 18.2 Å². The van der Waals surface area contributed by atoms with Gasteiger partial charge in [-0.3, -0.25) is 9.48 Å². The highest BCUT2D eigenvalue weighted by molar-refractivity contribution is 5.97. The van der Waals surface area contributed by atoms with Gasteiger partial charge in [-0.2, -0.15) is 5.10 Å². The molecule has 0 N–H and O–H groups in total. The number of nitrogens with zero attached hydrogens (tertiary/aromatic N) is 3. The molecule has 0 saturated heterocycles. The van der Waals surface area contributed by atoms with E-state index in [2.05, 4.69) is 9.84 Å². The average molecular weight is 339 g/mol. The molecule has 0 saturated carbocycles. The number of anilines is 1. The van der Waals surface area contributed by atoms with E-state index in [1.807, 2.05) is 0 Å². The van der Waals surface area contributed by atoms with Crippen LogP contribution in [0.5, 0.6) is 5.75 Å². The van der Waals surface area contributed by atoms with Crippen LogP contribution in [0.2, 0.25) is 0 Å². The van der Waals surface area contributed by atoms with Crippen LogP contribution < -0.4 is 9.64 Å². The molecule has 2 heterocycles. The molecule has 128 valence electrons. The zero-order valence-electron chi connectivity index (χ0n) is 13.0. The summed E-state index contributed by atoms with van der Waals surface area (Å²) in [5.74, 6) is -0.417. The summed E-state index contributed by atoms with van der Waals surface area (Å²) in [7, 11) is 0. The van der Waals surface area contributed by atoms with Gasteiger partial charge in [-0.25, -0.2) is 0 Å². The third-order valence-electron chi connectivity index (χ3n) is 3.95. The quantitative estimate of drug-likeness (QED) is 0.862. The minimum absolute atomic E-state index is 0.149. The van der Waals surface area contributed by atoms with Crippen molar-refractivity contribution in [2.75, 3.05) is 11.4 Å². The molecule has 8 heteroatoms. The monoisotopic (exact) mass is 339 g/mol. The molecular weight excluding hydrogens is 323 g/mol. The van der Waals surface area contributed by atoms with Crippen molar-refractivity contribution in [3.05, 3.63) is 42.2 Å². The number of hydrogen-bond acceptors (Lipinski definition) is 3. The molecule has 1 amide bonds. The molecule has 3 rings (SSSR count). The first-order chi connectivity index (χ1) is 11.3. The number of benzene rings is 1. The number of halogens is 3. The number of fused-ring (bicyclic) bond motifs is 1. The van der Waals surface area contributed by atoms with Crippen molar-refractivity contribution in [1.29, 1.82) is 0 Å². The average Bonchev–Trinajstić information content (AvgIpc) is 3.05. The number of carbonyl (C=O) groups is 1. The molecule has 0 aliphatic carbocycles. The molecule has 1 aliphatic rings. The first-order valence-corrected chi connectivity index (χ1v) is 7.54. The maximum Gasteiger partial charge on any atom is 0.573 e. The normalized spacial score (nSPS) is 15.8. The number of alkyl halides is 3. The van der Waals surface area contributed by atoms with Crippen molar-refractivity contribution in [3.8, 4) is 5.75 Å². The van der Waals surface area contributed by atoms with Gasteiger partial charge in [0.2, 0.25) is 0 Å². The van der Waals surface area contributed by atoms with Gasteiger partial charge >= 0.3 is 6.36 Å². The summed E-state index contributed by atoms with van der Waals surface area (Å²) in [4.78, 5) is 14.3. The number of aromatic nitrogens is 2. The topological polar surface area (TPSA) is 47.4 Å². The molecule has 2 aromatic rings. The predicted octanol–water partition coefficient (Wildman–Crippen LogP) is 3.32. The number of amides is 1. The molecule has 1 aromatic heterocycles. The Morgan fingerprint density at radius 3 is 2.83 bits per heavy atom. The molecule has 0 unspecified atom stereocenters. The molecule has 5 nitrogen and oxygen atoms in total. The van der Waals surface area contributed by atoms with Gasteiger partial charge in [0, 0.05) is 24.6 Å². The molecule has 0 radical (unpaired) electrons. The van der Waals surface area contributed by atoms with Gasteiger partial charge in [-0.05, 0) is 49.6 Å². The van der Waals surface area contributed by atoms with Crippen LogP contribution in [-0.4, -0.2) is 28.6 Å². The maximum atomic E-state index is 12.7. The number of ether oxygens (including phenoxy) is 1. The number of aryl methyl sites for hydroxylation is 1. The number of hydrogen-bond donors (Lipinski definition) is 0. The van der Waals surface area contributed by atoms with Crippen molar-refractivity contribution in [3.63, 3.8) is 0 Å². The number of carbonyl (C=O) groups excluding carboxylic acids is 1. The molecule has 1 aromatic carbocycles. The second-order valence-corrected chi connectivity index (χ2v) is 5.59. The third-order valence-corrected chi connectivity index (χ3v) is 3.95. The van der Waals surface area contributed by atoms with E-state index in [0.29, 0.717) is 30.6 Å². The van der Waals surface area contributed by atoms with Crippen molar-refractivity contribution in [2.24, 2.45) is 0 Å². The minimum Gasteiger partial charge on any atom is -0.406 e. The van der Waals surface area contributed by atoms with Gasteiger partial charge in [-0.15, -0.1) is 13.2 Å². The fraction of sp³-hybridized carbons (Fsp3) is 0.375. The van der Waals surface area contributed by atoms with E-state index in [9.17, 15) is 18.0 Å². The largest absolute Gasteiger partial charge is 0.573 e. The van der Waals surface area contributed by atoms with Gasteiger partial charge in [0.05, 0.1) is 0 Å². The summed E-state index contributed by atoms with van der Waals surface area (Å²) in [6.45, 7) is 2.27. The summed E-state index contributed by atoms with van der Waals surface area (Å²) in [5.41, 5.74) is 1.30. The standard InChI is InChI=1S/C16H16F3N3O2/c1-11(22-9-3-7-20-22)15(23)21-8-2-4-12-10-13(5-6-14(12)21)24-16(17,18)19/h3,5-7,9-11H,2,4,8H2,1H3/t11-/m1/s1. The Kier molecular flexibility index (Phi) is 4.21. The lowest BCUT2D eigenvalue weighted by molar-refractivity contribution is -0.274. The van der Waals surface area contributed by atoms with Crippen LogP contribution in [0.3, 0.4) is 0 Å². The fourth-order valence-corrected chi connectivity index (χ4v) is 2.85. The molecule has 0 fully saturated rings. The van der Waals surface area contributed by atoms with Gasteiger partial charge in [0.15, 0.2) is 0 Å². The Morgan fingerprint density at radius 2 is 2.17 bits per heavy atom. The zero-order valence-corrected chi connectivity index (χ0v) is 13.0. The first-order valence-electron chi connectivity index (χ1n) is 7.54. The van der Waals surface area contributed by atoms with Crippen LogP contribution in [0.15, 0.2) is 36.7 Å². The van der Waals surface area contributed by atoms with Crippen LogP contribution in [0.25, 0.3) is 0 Å². The highest BCUT2D eigenvalue weighted by Crippen LogP contribution is 2.33. The van der Waals surface area contributed by atoms with E-state index in [1.54, 1.807) is 35.0 Å². The first kappa shape index (κ1) is 16.4. The van der Waals surface area contributed by atoms with Crippen LogP contribution in [0.4, 0.5) is 18.9 Å². The Balaban J connectivity index is 1.85. The lowest BCUT2D eigenvalue weighted by atomic mass is 10.0. The Bertz CT molecular complexity index is 729. The number of rotatable bonds is 3. The minimum atomic E-state index is -4.73. The predicted molar refractivity (Wildman–Crippen MR) is 80.7 cm³/mol. The Labute approximate surface area is 136 Å². The van der Waals surface area contributed by atoms with E-state index >= 15 is 0 Å². The van der Waals surface area contributed by atoms with Gasteiger partial charge in [-0.1, -0.05) is 0 Å². The van der Waals surface area contributed by atoms with Crippen molar-refractivity contribution in [1.82, 2.24) is 9.78 Å². The van der Waals surface area contributed by atoms with Gasteiger partial charge in [0.1, 0.15) is 11.8 Å². The van der Waals surface area contributed by atoms with Crippen molar-refractivity contribution >= 4 is 11.6 Å². The summed E-state index contributed by atoms with van der Waals surface area (Å²) >= 11 is 0. The Hall–Kier alpha value is -2.51. The molecule has 1 aliphatic heterocycles. The highest BCUT2D eigenvalue weighted by atomic mass is 19.4. The van der Waals surface area contributed by atoms with E-state index in [4.69, 9.17) is 0 Å². The SMILES string of the molecule is C[C@H](C(=O)N1CCCc2cc(OC(F)(F)F)ccc21)n1cccn1. The van der Waals surface area contributed by atoms with E-state index in [0.717, 1.165) is 0 Å². The summed E-state index contributed by atoms with van der Waals surface area (Å²) in [5, 5.41) is 4.07. The third kappa shape index (κ3) is 3.37. The summed E-state index contributed by atoms with van der Waals surface area (Å²) in [6.07, 6.45) is -0.153. The van der Waals surface area contributed by atoms with Gasteiger partial charge in [0.25, 0.3) is 5.91 Å². The van der Waals surface area contributed by atoms with Crippen LogP contribution in [0.1, 0.15) is 24.9 Å². The second-order valence-electron chi connectivity index (χ2n) is 5.59. The lowest BCUT2D eigenvalue weighted by Crippen LogP contribution is -2.39. The summed E-state index contributed by atoms with van der Waals surface area (Å²) in [6, 6.07) is 5.33. The van der Waals surface area contributed by atoms with Crippen LogP contribution >= 0.6 is 0 Å². The van der Waals surface area contributed by atoms with Crippen LogP contribution in [0, 0.1) is 0 Å².